The fourth-order valence-corrected chi connectivity index (χ4v) is 3.13. The molecule has 0 saturated heterocycles. The molecule has 0 amide bonds. The van der Waals surface area contributed by atoms with Crippen LogP contribution in [0.15, 0.2) is 22.7 Å². The molecular weight excluding hydrogens is 366 g/mol. The molecule has 1 aromatic heterocycles. The molecule has 6 nitrogen and oxygen atoms in total. The van der Waals surface area contributed by atoms with Crippen molar-refractivity contribution >= 4 is 24.6 Å². The zero-order valence-electron chi connectivity index (χ0n) is 15.9. The van der Waals surface area contributed by atoms with Crippen LogP contribution in [-0.2, 0) is 5.54 Å². The van der Waals surface area contributed by atoms with E-state index in [1.807, 2.05) is 31.2 Å². The van der Waals surface area contributed by atoms with Gasteiger partial charge in [0.15, 0.2) is 17.3 Å². The molecule has 148 valence electrons. The number of ether oxygens (including phenoxy) is 2. The first-order chi connectivity index (χ1) is 12.6. The van der Waals surface area contributed by atoms with Crippen molar-refractivity contribution in [3.63, 3.8) is 0 Å². The van der Waals surface area contributed by atoms with Crippen molar-refractivity contribution in [3.05, 3.63) is 35.5 Å². The predicted octanol–water partition coefficient (Wildman–Crippen LogP) is 4.58. The second-order valence-corrected chi connectivity index (χ2v) is 6.64. The van der Waals surface area contributed by atoms with Crippen LogP contribution in [0.5, 0.6) is 11.5 Å². The van der Waals surface area contributed by atoms with Gasteiger partial charge in [-0.2, -0.15) is 4.98 Å². The van der Waals surface area contributed by atoms with E-state index in [0.29, 0.717) is 24.9 Å². The Bertz CT molecular complexity index is 755. The van der Waals surface area contributed by atoms with Gasteiger partial charge in [0.25, 0.3) is 5.89 Å². The maximum Gasteiger partial charge on any atom is 0.250 e. The van der Waals surface area contributed by atoms with Gasteiger partial charge in [0.05, 0.1) is 18.8 Å². The van der Waals surface area contributed by atoms with Crippen LogP contribution in [0.3, 0.4) is 0 Å². The van der Waals surface area contributed by atoms with E-state index in [4.69, 9.17) is 19.7 Å². The Labute approximate surface area is 166 Å². The van der Waals surface area contributed by atoms with E-state index in [9.17, 15) is 0 Å². The Balaban J connectivity index is 0.00000261. The molecule has 1 fully saturated rings. The number of nitrogens with two attached hydrogens (primary N) is 1. The molecule has 3 rings (SSSR count). The normalized spacial score (nSPS) is 15.7. The van der Waals surface area contributed by atoms with Crippen molar-refractivity contribution in [2.24, 2.45) is 5.73 Å². The summed E-state index contributed by atoms with van der Waals surface area (Å²) in [5, 5.41) is 4.07. The summed E-state index contributed by atoms with van der Waals surface area (Å²) in [6.07, 6.45) is 8.72. The van der Waals surface area contributed by atoms with Gasteiger partial charge in [0.2, 0.25) is 0 Å². The fourth-order valence-electron chi connectivity index (χ4n) is 3.13. The highest BCUT2D eigenvalue weighted by atomic mass is 35.5. The summed E-state index contributed by atoms with van der Waals surface area (Å²) < 4.78 is 16.7. The highest BCUT2D eigenvalue weighted by Crippen LogP contribution is 2.34. The molecule has 1 saturated carbocycles. The molecule has 0 aliphatic heterocycles. The standard InChI is InChI=1S/C20H27N3O3.ClH/c1-3-13-25-16-9-7-15(14-17(16)24-4-2)8-10-18-22-19(23-26-18)20(21)11-5-6-12-20;/h7-10,14H,3-6,11-13,21H2,1-2H3;1H/b10-8+;. The third-order valence-electron chi connectivity index (χ3n) is 4.53. The van der Waals surface area contributed by atoms with E-state index in [1.165, 1.54) is 0 Å². The van der Waals surface area contributed by atoms with Gasteiger partial charge in [-0.15, -0.1) is 12.4 Å². The Morgan fingerprint density at radius 2 is 1.93 bits per heavy atom. The monoisotopic (exact) mass is 393 g/mol. The molecule has 0 bridgehead atoms. The number of benzene rings is 1. The second-order valence-electron chi connectivity index (χ2n) is 6.64. The molecule has 2 N–H and O–H groups in total. The van der Waals surface area contributed by atoms with Crippen molar-refractivity contribution in [1.82, 2.24) is 10.1 Å². The average molecular weight is 394 g/mol. The summed E-state index contributed by atoms with van der Waals surface area (Å²) in [7, 11) is 0. The van der Waals surface area contributed by atoms with Gasteiger partial charge in [0.1, 0.15) is 0 Å². The first-order valence-electron chi connectivity index (χ1n) is 9.35. The summed E-state index contributed by atoms with van der Waals surface area (Å²) in [6.45, 7) is 5.28. The van der Waals surface area contributed by atoms with Crippen LogP contribution < -0.4 is 15.2 Å². The highest BCUT2D eigenvalue weighted by molar-refractivity contribution is 5.85. The first-order valence-corrected chi connectivity index (χ1v) is 9.35. The molecule has 1 aliphatic rings. The lowest BCUT2D eigenvalue weighted by molar-refractivity contribution is 0.277. The number of rotatable bonds is 8. The molecule has 1 aromatic carbocycles. The maximum absolute atomic E-state index is 6.37. The zero-order chi connectivity index (χ0) is 18.4. The molecule has 0 atom stereocenters. The van der Waals surface area contributed by atoms with E-state index in [0.717, 1.165) is 49.2 Å². The molecule has 2 aromatic rings. The quantitative estimate of drug-likeness (QED) is 0.706. The third-order valence-corrected chi connectivity index (χ3v) is 4.53. The number of halogens is 1. The number of hydrogen-bond acceptors (Lipinski definition) is 6. The molecular formula is C20H28ClN3O3. The molecule has 7 heteroatoms. The van der Waals surface area contributed by atoms with Crippen molar-refractivity contribution in [3.8, 4) is 11.5 Å². The lowest BCUT2D eigenvalue weighted by atomic mass is 9.99. The van der Waals surface area contributed by atoms with Crippen molar-refractivity contribution in [2.75, 3.05) is 13.2 Å². The molecule has 0 unspecified atom stereocenters. The summed E-state index contributed by atoms with van der Waals surface area (Å²) in [4.78, 5) is 4.45. The Morgan fingerprint density at radius 3 is 2.63 bits per heavy atom. The van der Waals surface area contributed by atoms with E-state index in [-0.39, 0.29) is 12.4 Å². The minimum Gasteiger partial charge on any atom is -0.490 e. The van der Waals surface area contributed by atoms with Crippen LogP contribution in [0.2, 0.25) is 0 Å². The van der Waals surface area contributed by atoms with Crippen LogP contribution in [-0.4, -0.2) is 23.4 Å². The number of nitrogens with zero attached hydrogens (tertiary/aromatic N) is 2. The Hall–Kier alpha value is -2.05. The lowest BCUT2D eigenvalue weighted by Gasteiger charge is -2.17. The fraction of sp³-hybridized carbons (Fsp3) is 0.500. The first kappa shape index (κ1) is 21.3. The minimum atomic E-state index is -0.435. The van der Waals surface area contributed by atoms with Crippen LogP contribution in [0, 0.1) is 0 Å². The predicted molar refractivity (Wildman–Crippen MR) is 108 cm³/mol. The molecule has 0 radical (unpaired) electrons. The third kappa shape index (κ3) is 5.23. The van der Waals surface area contributed by atoms with Crippen LogP contribution >= 0.6 is 12.4 Å². The molecule has 0 spiro atoms. The minimum absolute atomic E-state index is 0. The summed E-state index contributed by atoms with van der Waals surface area (Å²) in [5.41, 5.74) is 6.91. The number of aromatic nitrogens is 2. The molecule has 27 heavy (non-hydrogen) atoms. The average Bonchev–Trinajstić information content (AvgIpc) is 3.29. The van der Waals surface area contributed by atoms with Crippen molar-refractivity contribution in [2.45, 2.75) is 51.5 Å². The largest absolute Gasteiger partial charge is 0.490 e. The second kappa shape index (κ2) is 9.76. The van der Waals surface area contributed by atoms with Gasteiger partial charge >= 0.3 is 0 Å². The highest BCUT2D eigenvalue weighted by Gasteiger charge is 2.35. The van der Waals surface area contributed by atoms with Gasteiger partial charge in [-0.25, -0.2) is 0 Å². The zero-order valence-corrected chi connectivity index (χ0v) is 16.8. The van der Waals surface area contributed by atoms with Gasteiger partial charge in [-0.1, -0.05) is 31.0 Å². The van der Waals surface area contributed by atoms with Gasteiger partial charge in [0, 0.05) is 6.08 Å². The Morgan fingerprint density at radius 1 is 1.15 bits per heavy atom. The molecule has 1 aliphatic carbocycles. The summed E-state index contributed by atoms with van der Waals surface area (Å²) in [6, 6.07) is 5.85. The Kier molecular flexibility index (Phi) is 7.68. The van der Waals surface area contributed by atoms with Crippen LogP contribution in [0.4, 0.5) is 0 Å². The smallest absolute Gasteiger partial charge is 0.250 e. The van der Waals surface area contributed by atoms with E-state index < -0.39 is 5.54 Å². The summed E-state index contributed by atoms with van der Waals surface area (Å²) >= 11 is 0. The lowest BCUT2D eigenvalue weighted by Crippen LogP contribution is -2.34. The summed E-state index contributed by atoms with van der Waals surface area (Å²) in [5.74, 6) is 2.56. The van der Waals surface area contributed by atoms with Crippen molar-refractivity contribution < 1.29 is 14.0 Å². The van der Waals surface area contributed by atoms with Gasteiger partial charge in [-0.3, -0.25) is 0 Å². The van der Waals surface area contributed by atoms with Crippen LogP contribution in [0.25, 0.3) is 12.2 Å². The molecule has 1 heterocycles. The maximum atomic E-state index is 6.37. The topological polar surface area (TPSA) is 83.4 Å². The van der Waals surface area contributed by atoms with E-state index >= 15 is 0 Å². The van der Waals surface area contributed by atoms with Crippen molar-refractivity contribution in [1.29, 1.82) is 0 Å². The van der Waals surface area contributed by atoms with Gasteiger partial charge in [-0.05, 0) is 50.0 Å². The van der Waals surface area contributed by atoms with Gasteiger partial charge < -0.3 is 19.7 Å². The number of hydrogen-bond donors (Lipinski definition) is 1. The van der Waals surface area contributed by atoms with Crippen LogP contribution in [0.1, 0.15) is 63.2 Å². The SMILES string of the molecule is CCCOc1ccc(/C=C/c2nc(C3(N)CCCC3)no2)cc1OCC.Cl. The van der Waals surface area contributed by atoms with E-state index in [2.05, 4.69) is 17.1 Å². The van der Waals surface area contributed by atoms with E-state index in [1.54, 1.807) is 6.08 Å².